The Balaban J connectivity index is 1.61. The molecule has 0 aliphatic heterocycles. The number of halogens is 3. The molecule has 0 heterocycles. The number of alkyl halides is 3. The Morgan fingerprint density at radius 1 is 1.00 bits per heavy atom. The van der Waals surface area contributed by atoms with Crippen LogP contribution in [0.5, 0.6) is 0 Å². The molecule has 1 saturated carbocycles. The number of carbonyl (C=O) groups is 2. The highest BCUT2D eigenvalue weighted by atomic mass is 32.2. The van der Waals surface area contributed by atoms with E-state index in [-0.39, 0.29) is 17.5 Å². The van der Waals surface area contributed by atoms with Crippen LogP contribution >= 0.6 is 11.8 Å². The molecule has 2 N–H and O–H groups in total. The first kappa shape index (κ1) is 23.2. The van der Waals surface area contributed by atoms with Gasteiger partial charge in [0.2, 0.25) is 11.8 Å². The minimum Gasteiger partial charge on any atom is -0.326 e. The van der Waals surface area contributed by atoms with Crippen LogP contribution in [0.3, 0.4) is 0 Å². The first-order chi connectivity index (χ1) is 14.7. The van der Waals surface area contributed by atoms with Crippen molar-refractivity contribution in [1.82, 2.24) is 0 Å². The summed E-state index contributed by atoms with van der Waals surface area (Å²) in [6.45, 7) is 1.63. The predicted octanol–water partition coefficient (Wildman–Crippen LogP) is 6.34. The third kappa shape index (κ3) is 6.50. The molecule has 4 nitrogen and oxygen atoms in total. The summed E-state index contributed by atoms with van der Waals surface area (Å²) in [4.78, 5) is 25.7. The molecule has 8 heteroatoms. The second-order valence-electron chi connectivity index (χ2n) is 7.64. The largest absolute Gasteiger partial charge is 0.418 e. The molecule has 2 aromatic carbocycles. The lowest BCUT2D eigenvalue weighted by molar-refractivity contribution is -0.137. The zero-order chi connectivity index (χ0) is 22.4. The highest BCUT2D eigenvalue weighted by molar-refractivity contribution is 8.00. The van der Waals surface area contributed by atoms with Crippen LogP contribution in [0.25, 0.3) is 0 Å². The highest BCUT2D eigenvalue weighted by Crippen LogP contribution is 2.35. The van der Waals surface area contributed by atoms with Gasteiger partial charge in [-0.25, -0.2) is 0 Å². The lowest BCUT2D eigenvalue weighted by Crippen LogP contribution is -2.25. The molecule has 2 amide bonds. The zero-order valence-corrected chi connectivity index (χ0v) is 18.0. The Morgan fingerprint density at radius 2 is 1.71 bits per heavy atom. The minimum atomic E-state index is -4.55. The lowest BCUT2D eigenvalue weighted by atomic mass is 9.88. The van der Waals surface area contributed by atoms with Gasteiger partial charge in [-0.2, -0.15) is 13.2 Å². The molecule has 1 atom stereocenters. The molecule has 0 radical (unpaired) electrons. The van der Waals surface area contributed by atoms with Gasteiger partial charge in [-0.05, 0) is 50.1 Å². The fourth-order valence-electron chi connectivity index (χ4n) is 3.59. The Kier molecular flexibility index (Phi) is 7.64. The second kappa shape index (κ2) is 10.2. The fraction of sp³-hybridized carbons (Fsp3) is 0.391. The minimum absolute atomic E-state index is 0.0106. The van der Waals surface area contributed by atoms with Gasteiger partial charge in [-0.15, -0.1) is 11.8 Å². The monoisotopic (exact) mass is 450 g/mol. The first-order valence-electron chi connectivity index (χ1n) is 10.3. The summed E-state index contributed by atoms with van der Waals surface area (Å²) in [6.07, 6.45) is 0.554. The molecule has 31 heavy (non-hydrogen) atoms. The summed E-state index contributed by atoms with van der Waals surface area (Å²) in [5.41, 5.74) is -0.496. The molecule has 166 valence electrons. The normalized spacial score (nSPS) is 15.9. The van der Waals surface area contributed by atoms with E-state index in [1.54, 1.807) is 31.2 Å². The number of anilines is 2. The number of rotatable bonds is 6. The van der Waals surface area contributed by atoms with Crippen LogP contribution in [-0.4, -0.2) is 17.1 Å². The van der Waals surface area contributed by atoms with Crippen LogP contribution in [0.2, 0.25) is 0 Å². The average Bonchev–Trinajstić information content (AvgIpc) is 2.74. The maximum absolute atomic E-state index is 13.1. The highest BCUT2D eigenvalue weighted by Gasteiger charge is 2.34. The number of nitrogens with one attached hydrogen (secondary N) is 2. The third-order valence-corrected chi connectivity index (χ3v) is 6.34. The van der Waals surface area contributed by atoms with Gasteiger partial charge in [0.25, 0.3) is 0 Å². The standard InChI is InChI=1S/C23H25F3N2O2S/c1-15(21(29)28-20-13-6-5-12-19(20)23(24,25)26)31-18-11-7-10-17(14-18)27-22(30)16-8-3-2-4-9-16/h5-7,10-16H,2-4,8-9H2,1H3,(H,27,30)(H,28,29). The van der Waals surface area contributed by atoms with Crippen LogP contribution in [0.4, 0.5) is 24.5 Å². The second-order valence-corrected chi connectivity index (χ2v) is 9.06. The van der Waals surface area contributed by atoms with Crippen molar-refractivity contribution in [2.24, 2.45) is 5.92 Å². The molecule has 2 aromatic rings. The summed E-state index contributed by atoms with van der Waals surface area (Å²) < 4.78 is 39.4. The topological polar surface area (TPSA) is 58.2 Å². The van der Waals surface area contributed by atoms with E-state index in [1.807, 2.05) is 0 Å². The fourth-order valence-corrected chi connectivity index (χ4v) is 4.51. The molecule has 1 aliphatic rings. The number of carbonyl (C=O) groups excluding carboxylic acids is 2. The van der Waals surface area contributed by atoms with Gasteiger partial charge >= 0.3 is 6.18 Å². The van der Waals surface area contributed by atoms with Crippen molar-refractivity contribution in [2.75, 3.05) is 10.6 Å². The number of para-hydroxylation sites is 1. The maximum Gasteiger partial charge on any atom is 0.418 e. The molecular formula is C23H25F3N2O2S. The molecule has 0 spiro atoms. The van der Waals surface area contributed by atoms with Gasteiger partial charge in [0.1, 0.15) is 0 Å². The molecule has 0 saturated heterocycles. The molecule has 1 aliphatic carbocycles. The van der Waals surface area contributed by atoms with E-state index in [1.165, 1.54) is 36.4 Å². The Bertz CT molecular complexity index is 927. The van der Waals surface area contributed by atoms with Gasteiger partial charge in [-0.1, -0.05) is 37.5 Å². The zero-order valence-electron chi connectivity index (χ0n) is 17.2. The van der Waals surface area contributed by atoms with E-state index in [2.05, 4.69) is 10.6 Å². The molecule has 1 unspecified atom stereocenters. The number of hydrogen-bond acceptors (Lipinski definition) is 3. The number of hydrogen-bond donors (Lipinski definition) is 2. The summed E-state index contributed by atoms with van der Waals surface area (Å²) in [7, 11) is 0. The molecule has 0 bridgehead atoms. The molecule has 3 rings (SSSR count). The van der Waals surface area contributed by atoms with Crippen molar-refractivity contribution in [3.8, 4) is 0 Å². The molecular weight excluding hydrogens is 425 g/mol. The van der Waals surface area contributed by atoms with Crippen molar-refractivity contribution in [3.05, 3.63) is 54.1 Å². The van der Waals surface area contributed by atoms with E-state index >= 15 is 0 Å². The van der Waals surface area contributed by atoms with Gasteiger partial charge in [0, 0.05) is 16.5 Å². The van der Waals surface area contributed by atoms with Gasteiger partial charge < -0.3 is 10.6 Å². The smallest absolute Gasteiger partial charge is 0.326 e. The van der Waals surface area contributed by atoms with Crippen LogP contribution in [0.15, 0.2) is 53.4 Å². The Labute approximate surface area is 184 Å². The first-order valence-corrected chi connectivity index (χ1v) is 11.2. The van der Waals surface area contributed by atoms with Gasteiger partial charge in [-0.3, -0.25) is 9.59 Å². The van der Waals surface area contributed by atoms with Crippen molar-refractivity contribution in [1.29, 1.82) is 0 Å². The number of thioether (sulfide) groups is 1. The summed E-state index contributed by atoms with van der Waals surface area (Å²) in [5, 5.41) is 4.68. The lowest BCUT2D eigenvalue weighted by Gasteiger charge is -2.21. The van der Waals surface area contributed by atoms with E-state index in [9.17, 15) is 22.8 Å². The number of benzene rings is 2. The Hall–Kier alpha value is -2.48. The molecule has 1 fully saturated rings. The van der Waals surface area contributed by atoms with E-state index in [0.717, 1.165) is 36.6 Å². The van der Waals surface area contributed by atoms with Crippen molar-refractivity contribution >= 4 is 35.0 Å². The maximum atomic E-state index is 13.1. The van der Waals surface area contributed by atoms with Crippen molar-refractivity contribution < 1.29 is 22.8 Å². The quantitative estimate of drug-likeness (QED) is 0.505. The average molecular weight is 451 g/mol. The Morgan fingerprint density at radius 3 is 2.42 bits per heavy atom. The third-order valence-electron chi connectivity index (χ3n) is 5.25. The summed E-state index contributed by atoms with van der Waals surface area (Å²) >= 11 is 1.22. The predicted molar refractivity (Wildman–Crippen MR) is 117 cm³/mol. The van der Waals surface area contributed by atoms with Gasteiger partial charge in [0.15, 0.2) is 0 Å². The number of amides is 2. The summed E-state index contributed by atoms with van der Waals surface area (Å²) in [6, 6.07) is 12.0. The van der Waals surface area contributed by atoms with Crippen LogP contribution in [0, 0.1) is 5.92 Å². The van der Waals surface area contributed by atoms with Crippen LogP contribution < -0.4 is 10.6 Å². The van der Waals surface area contributed by atoms with Crippen molar-refractivity contribution in [2.45, 2.75) is 55.3 Å². The van der Waals surface area contributed by atoms with E-state index in [4.69, 9.17) is 0 Å². The van der Waals surface area contributed by atoms with Gasteiger partial charge in [0.05, 0.1) is 16.5 Å². The van der Waals surface area contributed by atoms with E-state index < -0.39 is 22.9 Å². The molecule has 0 aromatic heterocycles. The van der Waals surface area contributed by atoms with E-state index in [0.29, 0.717) is 5.69 Å². The summed E-state index contributed by atoms with van der Waals surface area (Å²) in [5.74, 6) is -0.488. The van der Waals surface area contributed by atoms with Crippen LogP contribution in [0.1, 0.15) is 44.6 Å². The SMILES string of the molecule is CC(Sc1cccc(NC(=O)C2CCCCC2)c1)C(=O)Nc1ccccc1C(F)(F)F. The van der Waals surface area contributed by atoms with Crippen molar-refractivity contribution in [3.63, 3.8) is 0 Å². The van der Waals surface area contributed by atoms with Crippen LogP contribution in [-0.2, 0) is 15.8 Å².